The van der Waals surface area contributed by atoms with Crippen LogP contribution >= 0.6 is 0 Å². The molecule has 0 unspecified atom stereocenters. The molecule has 0 atom stereocenters. The third kappa shape index (κ3) is 6.23. The SMILES string of the molecule is COc1cc(Nc2ncc(OCc3c(F)c(F)cc(F)c3F)cn2)ccc1N1CCC(N2CCN(C)CC2)CC1. The van der Waals surface area contributed by atoms with Crippen molar-refractivity contribution >= 4 is 17.3 Å². The van der Waals surface area contributed by atoms with E-state index in [1.54, 1.807) is 7.11 Å². The summed E-state index contributed by atoms with van der Waals surface area (Å²) in [7, 11) is 3.81. The number of aromatic nitrogens is 2. The minimum absolute atomic E-state index is 0.0712. The highest BCUT2D eigenvalue weighted by Gasteiger charge is 2.28. The van der Waals surface area contributed by atoms with Crippen LogP contribution in [0.25, 0.3) is 0 Å². The van der Waals surface area contributed by atoms with E-state index >= 15 is 0 Å². The molecule has 0 radical (unpaired) electrons. The summed E-state index contributed by atoms with van der Waals surface area (Å²) in [4.78, 5) is 15.7. The third-order valence-electron chi connectivity index (χ3n) is 7.51. The molecule has 0 aliphatic carbocycles. The predicted molar refractivity (Wildman–Crippen MR) is 143 cm³/mol. The van der Waals surface area contributed by atoms with Crippen molar-refractivity contribution in [1.29, 1.82) is 0 Å². The minimum Gasteiger partial charge on any atom is -0.495 e. The number of hydrogen-bond acceptors (Lipinski definition) is 8. The number of halogens is 4. The van der Waals surface area contributed by atoms with E-state index in [9.17, 15) is 17.6 Å². The largest absolute Gasteiger partial charge is 0.495 e. The molecule has 3 aromatic rings. The van der Waals surface area contributed by atoms with Crippen LogP contribution in [-0.4, -0.2) is 79.2 Å². The van der Waals surface area contributed by atoms with Gasteiger partial charge in [-0.1, -0.05) is 0 Å². The molecule has 0 amide bonds. The van der Waals surface area contributed by atoms with Crippen LogP contribution in [0.1, 0.15) is 18.4 Å². The molecule has 3 heterocycles. The molecule has 1 N–H and O–H groups in total. The first-order chi connectivity index (χ1) is 19.3. The Morgan fingerprint density at radius 1 is 0.900 bits per heavy atom. The van der Waals surface area contributed by atoms with Crippen molar-refractivity contribution in [3.63, 3.8) is 0 Å². The summed E-state index contributed by atoms with van der Waals surface area (Å²) in [5, 5.41) is 3.09. The number of rotatable bonds is 8. The Hall–Kier alpha value is -3.64. The quantitative estimate of drug-likeness (QED) is 0.317. The maximum atomic E-state index is 13.8. The Kier molecular flexibility index (Phi) is 8.55. The molecular formula is C28H32F4N6O2. The molecule has 0 spiro atoms. The molecule has 2 fully saturated rings. The molecule has 2 aliphatic heterocycles. The van der Waals surface area contributed by atoms with Gasteiger partial charge in [0.1, 0.15) is 12.4 Å². The Labute approximate surface area is 230 Å². The van der Waals surface area contributed by atoms with E-state index in [2.05, 4.69) is 37.0 Å². The summed E-state index contributed by atoms with van der Waals surface area (Å²) in [6.45, 7) is 5.69. The number of piperazine rings is 1. The molecule has 12 heteroatoms. The Balaban J connectivity index is 1.17. The fourth-order valence-electron chi connectivity index (χ4n) is 5.16. The highest BCUT2D eigenvalue weighted by Crippen LogP contribution is 2.34. The van der Waals surface area contributed by atoms with Crippen molar-refractivity contribution in [3.05, 3.63) is 65.5 Å². The lowest BCUT2D eigenvalue weighted by atomic mass is 10.0. The molecule has 2 aliphatic rings. The second-order valence-corrected chi connectivity index (χ2v) is 10.0. The van der Waals surface area contributed by atoms with Gasteiger partial charge in [0.05, 0.1) is 30.8 Å². The van der Waals surface area contributed by atoms with E-state index in [1.807, 2.05) is 18.2 Å². The fraction of sp³-hybridized carbons (Fsp3) is 0.429. The second kappa shape index (κ2) is 12.3. The van der Waals surface area contributed by atoms with E-state index in [-0.39, 0.29) is 17.8 Å². The van der Waals surface area contributed by atoms with Crippen LogP contribution in [0.15, 0.2) is 36.7 Å². The zero-order valence-electron chi connectivity index (χ0n) is 22.5. The molecule has 2 saturated heterocycles. The smallest absolute Gasteiger partial charge is 0.227 e. The molecule has 8 nitrogen and oxygen atoms in total. The van der Waals surface area contributed by atoms with Crippen molar-refractivity contribution in [1.82, 2.24) is 19.8 Å². The van der Waals surface area contributed by atoms with E-state index in [0.717, 1.165) is 63.5 Å². The van der Waals surface area contributed by atoms with Gasteiger partial charge in [0.2, 0.25) is 5.95 Å². The number of benzene rings is 2. The number of methoxy groups -OCH3 is 1. The van der Waals surface area contributed by atoms with Gasteiger partial charge in [0.15, 0.2) is 29.0 Å². The van der Waals surface area contributed by atoms with Gasteiger partial charge in [0, 0.05) is 63.1 Å². The number of nitrogens with zero attached hydrogens (tertiary/aromatic N) is 5. The van der Waals surface area contributed by atoms with Crippen molar-refractivity contribution < 1.29 is 27.0 Å². The van der Waals surface area contributed by atoms with Crippen molar-refractivity contribution in [2.75, 3.05) is 63.6 Å². The lowest BCUT2D eigenvalue weighted by molar-refractivity contribution is 0.0981. The molecular weight excluding hydrogens is 528 g/mol. The van der Waals surface area contributed by atoms with Gasteiger partial charge in [-0.3, -0.25) is 4.90 Å². The number of nitrogens with one attached hydrogen (secondary N) is 1. The van der Waals surface area contributed by atoms with Gasteiger partial charge >= 0.3 is 0 Å². The van der Waals surface area contributed by atoms with Gasteiger partial charge in [-0.25, -0.2) is 27.5 Å². The normalized spacial score (nSPS) is 17.2. The lowest BCUT2D eigenvalue weighted by Gasteiger charge is -2.42. The number of piperidine rings is 1. The van der Waals surface area contributed by atoms with Crippen LogP contribution in [0.2, 0.25) is 0 Å². The van der Waals surface area contributed by atoms with Crippen molar-refractivity contribution in [2.45, 2.75) is 25.5 Å². The Morgan fingerprint density at radius 2 is 1.55 bits per heavy atom. The summed E-state index contributed by atoms with van der Waals surface area (Å²) in [6, 6.07) is 6.57. The molecule has 5 rings (SSSR count). The number of anilines is 3. The fourth-order valence-corrected chi connectivity index (χ4v) is 5.16. The number of likely N-dealkylation sites (N-methyl/N-ethyl adjacent to an activating group) is 1. The minimum atomic E-state index is -1.50. The molecule has 1 aromatic heterocycles. The van der Waals surface area contributed by atoms with Crippen LogP contribution in [0.3, 0.4) is 0 Å². The van der Waals surface area contributed by atoms with Crippen LogP contribution in [0, 0.1) is 23.3 Å². The topological polar surface area (TPSA) is 66.0 Å². The first-order valence-corrected chi connectivity index (χ1v) is 13.2. The van der Waals surface area contributed by atoms with E-state index in [0.29, 0.717) is 11.7 Å². The summed E-state index contributed by atoms with van der Waals surface area (Å²) < 4.78 is 65.4. The molecule has 0 bridgehead atoms. The predicted octanol–water partition coefficient (Wildman–Crippen LogP) is 4.58. The summed E-state index contributed by atoms with van der Waals surface area (Å²) in [5.74, 6) is -4.94. The van der Waals surface area contributed by atoms with Crippen LogP contribution in [0.4, 0.5) is 34.9 Å². The monoisotopic (exact) mass is 560 g/mol. The van der Waals surface area contributed by atoms with E-state index < -0.39 is 35.4 Å². The molecule has 214 valence electrons. The maximum absolute atomic E-state index is 13.8. The molecule has 0 saturated carbocycles. The van der Waals surface area contributed by atoms with Gasteiger partial charge < -0.3 is 24.6 Å². The molecule has 40 heavy (non-hydrogen) atoms. The lowest BCUT2D eigenvalue weighted by Crippen LogP contribution is -2.52. The summed E-state index contributed by atoms with van der Waals surface area (Å²) in [5.41, 5.74) is 0.888. The standard InChI is InChI=1S/C28H32F4N6O2/c1-36-9-11-37(12-10-36)19-5-7-38(8-6-19)24-4-3-18(13-25(24)39-2)35-28-33-15-20(16-34-28)40-17-21-26(31)22(29)14-23(30)27(21)32/h3-4,13-16,19H,5-12,17H2,1-2H3,(H,33,34,35). The average molecular weight is 561 g/mol. The van der Waals surface area contributed by atoms with Crippen molar-refractivity contribution in [2.24, 2.45) is 0 Å². The number of hydrogen-bond donors (Lipinski definition) is 1. The Morgan fingerprint density at radius 3 is 2.17 bits per heavy atom. The second-order valence-electron chi connectivity index (χ2n) is 10.0. The summed E-state index contributed by atoms with van der Waals surface area (Å²) >= 11 is 0. The first-order valence-electron chi connectivity index (χ1n) is 13.2. The maximum Gasteiger partial charge on any atom is 0.227 e. The van der Waals surface area contributed by atoms with Gasteiger partial charge in [-0.2, -0.15) is 0 Å². The Bertz CT molecular complexity index is 1290. The third-order valence-corrected chi connectivity index (χ3v) is 7.51. The average Bonchev–Trinajstić information content (AvgIpc) is 2.97. The van der Waals surface area contributed by atoms with Gasteiger partial charge in [-0.05, 0) is 32.0 Å². The summed E-state index contributed by atoms with van der Waals surface area (Å²) in [6.07, 6.45) is 4.80. The van der Waals surface area contributed by atoms with Gasteiger partial charge in [-0.15, -0.1) is 0 Å². The zero-order chi connectivity index (χ0) is 28.2. The first kappa shape index (κ1) is 27.9. The molecule has 2 aromatic carbocycles. The zero-order valence-corrected chi connectivity index (χ0v) is 22.5. The van der Waals surface area contributed by atoms with Gasteiger partial charge in [0.25, 0.3) is 0 Å². The van der Waals surface area contributed by atoms with Crippen LogP contribution in [0.5, 0.6) is 11.5 Å². The van der Waals surface area contributed by atoms with Crippen LogP contribution < -0.4 is 19.7 Å². The van der Waals surface area contributed by atoms with Crippen molar-refractivity contribution in [3.8, 4) is 11.5 Å². The number of ether oxygens (including phenoxy) is 2. The highest BCUT2D eigenvalue weighted by molar-refractivity contribution is 5.67. The van der Waals surface area contributed by atoms with E-state index in [4.69, 9.17) is 9.47 Å². The van der Waals surface area contributed by atoms with E-state index in [1.165, 1.54) is 12.4 Å². The van der Waals surface area contributed by atoms with Crippen LogP contribution in [-0.2, 0) is 6.61 Å². The highest BCUT2D eigenvalue weighted by atomic mass is 19.2.